The van der Waals surface area contributed by atoms with Crippen LogP contribution in [0.1, 0.15) is 23.1 Å². The minimum Gasteiger partial charge on any atom is -0.465 e. The number of hydrogen-bond donors (Lipinski definition) is 0. The maximum atomic E-state index is 12.7. The summed E-state index contributed by atoms with van der Waals surface area (Å²) in [6.45, 7) is 4.75. The van der Waals surface area contributed by atoms with Gasteiger partial charge in [0.05, 0.1) is 11.8 Å². The number of ether oxygens (including phenoxy) is 1. The van der Waals surface area contributed by atoms with Crippen molar-refractivity contribution in [2.75, 3.05) is 18.5 Å². The van der Waals surface area contributed by atoms with E-state index < -0.39 is 0 Å². The smallest absolute Gasteiger partial charge is 0.332 e. The van der Waals surface area contributed by atoms with Gasteiger partial charge in [0.1, 0.15) is 11.6 Å². The molecule has 6 nitrogen and oxygen atoms in total. The van der Waals surface area contributed by atoms with E-state index in [-0.39, 0.29) is 11.2 Å². The van der Waals surface area contributed by atoms with Crippen molar-refractivity contribution in [3.63, 3.8) is 0 Å². The van der Waals surface area contributed by atoms with Gasteiger partial charge in [-0.15, -0.1) is 0 Å². The third-order valence-corrected chi connectivity index (χ3v) is 4.57. The number of nitrogens with zero attached hydrogens (tertiary/aromatic N) is 3. The van der Waals surface area contributed by atoms with E-state index in [1.54, 1.807) is 13.3 Å². The first kappa shape index (κ1) is 17.1. The molecular weight excluding hydrogens is 318 g/mol. The van der Waals surface area contributed by atoms with E-state index in [1.165, 1.54) is 11.6 Å². The lowest BCUT2D eigenvalue weighted by molar-refractivity contribution is 0.480. The number of anilines is 1. The zero-order chi connectivity index (χ0) is 18.3. The van der Waals surface area contributed by atoms with Gasteiger partial charge in [-0.05, 0) is 43.5 Å². The summed E-state index contributed by atoms with van der Waals surface area (Å²) in [4.78, 5) is 26.8. The maximum Gasteiger partial charge on any atom is 0.332 e. The zero-order valence-corrected chi connectivity index (χ0v) is 15.3. The summed E-state index contributed by atoms with van der Waals surface area (Å²) < 4.78 is 8.50. The van der Waals surface area contributed by atoms with Gasteiger partial charge in [0.2, 0.25) is 0 Å². The van der Waals surface area contributed by atoms with Gasteiger partial charge in [-0.1, -0.05) is 6.07 Å². The highest BCUT2D eigenvalue weighted by Crippen LogP contribution is 2.30. The van der Waals surface area contributed by atoms with E-state index >= 15 is 0 Å². The van der Waals surface area contributed by atoms with Crippen LogP contribution in [-0.4, -0.2) is 22.7 Å². The van der Waals surface area contributed by atoms with Crippen LogP contribution in [0.15, 0.2) is 34.1 Å². The second-order valence-corrected chi connectivity index (χ2v) is 6.66. The summed E-state index contributed by atoms with van der Waals surface area (Å²) in [5, 5.41) is 0. The molecular formula is C19H23N3O3. The quantitative estimate of drug-likeness (QED) is 0.784. The van der Waals surface area contributed by atoms with Crippen LogP contribution in [-0.2, 0) is 14.1 Å². The van der Waals surface area contributed by atoms with Gasteiger partial charge < -0.3 is 9.64 Å². The first-order chi connectivity index (χ1) is 11.8. The number of aryl methyl sites for hydroxylation is 2. The summed E-state index contributed by atoms with van der Waals surface area (Å²) >= 11 is 0. The highest BCUT2D eigenvalue weighted by atomic mass is 16.5. The third-order valence-electron chi connectivity index (χ3n) is 4.57. The molecule has 0 radical (unpaired) electrons. The Labute approximate surface area is 146 Å². The van der Waals surface area contributed by atoms with E-state index in [4.69, 9.17) is 4.74 Å². The van der Waals surface area contributed by atoms with Crippen molar-refractivity contribution in [2.45, 2.75) is 20.3 Å². The van der Waals surface area contributed by atoms with Gasteiger partial charge in [-0.2, -0.15) is 0 Å². The van der Waals surface area contributed by atoms with Crippen LogP contribution in [0.3, 0.4) is 0 Å². The molecule has 1 aliphatic heterocycles. The molecule has 6 heteroatoms. The molecule has 0 N–H and O–H groups in total. The monoisotopic (exact) mass is 341 g/mol. The molecule has 0 amide bonds. The average Bonchev–Trinajstić information content (AvgIpc) is 2.55. The Bertz CT molecular complexity index is 962. The number of aromatic nitrogens is 2. The van der Waals surface area contributed by atoms with Crippen molar-refractivity contribution in [2.24, 2.45) is 14.1 Å². The Morgan fingerprint density at radius 1 is 1.00 bits per heavy atom. The van der Waals surface area contributed by atoms with Crippen molar-refractivity contribution in [1.29, 1.82) is 0 Å². The molecule has 2 heterocycles. The maximum absolute atomic E-state index is 12.7. The molecule has 0 saturated carbocycles. The summed E-state index contributed by atoms with van der Waals surface area (Å²) in [5.74, 6) is 1.38. The summed E-state index contributed by atoms with van der Waals surface area (Å²) in [6, 6.07) is 5.99. The summed E-state index contributed by atoms with van der Waals surface area (Å²) in [7, 11) is 5.08. The van der Waals surface area contributed by atoms with E-state index in [0.717, 1.165) is 33.6 Å². The summed E-state index contributed by atoms with van der Waals surface area (Å²) in [6.07, 6.45) is 2.33. The van der Waals surface area contributed by atoms with Crippen LogP contribution in [0, 0.1) is 13.8 Å². The van der Waals surface area contributed by atoms with Gasteiger partial charge in [-0.3, -0.25) is 13.9 Å². The van der Waals surface area contributed by atoms with E-state index in [1.807, 2.05) is 37.9 Å². The molecule has 1 aromatic heterocycles. The Morgan fingerprint density at radius 2 is 1.64 bits per heavy atom. The van der Waals surface area contributed by atoms with E-state index in [9.17, 15) is 9.59 Å². The topological polar surface area (TPSA) is 56.5 Å². The fourth-order valence-electron chi connectivity index (χ4n) is 3.34. The largest absolute Gasteiger partial charge is 0.465 e. The average molecular weight is 341 g/mol. The van der Waals surface area contributed by atoms with Crippen LogP contribution in [0.5, 0.6) is 5.75 Å². The van der Waals surface area contributed by atoms with Gasteiger partial charge in [0, 0.05) is 33.3 Å². The Kier molecular flexibility index (Phi) is 4.29. The molecule has 25 heavy (non-hydrogen) atoms. The van der Waals surface area contributed by atoms with Crippen molar-refractivity contribution < 1.29 is 4.74 Å². The molecule has 0 unspecified atom stereocenters. The second kappa shape index (κ2) is 6.27. The summed E-state index contributed by atoms with van der Waals surface area (Å²) in [5.41, 5.74) is 2.96. The van der Waals surface area contributed by atoms with E-state index in [0.29, 0.717) is 17.8 Å². The highest BCUT2D eigenvalue weighted by Gasteiger charge is 2.26. The van der Waals surface area contributed by atoms with Gasteiger partial charge >= 0.3 is 5.69 Å². The molecule has 1 aromatic carbocycles. The van der Waals surface area contributed by atoms with Crippen molar-refractivity contribution in [1.82, 2.24) is 9.13 Å². The molecule has 1 aliphatic rings. The van der Waals surface area contributed by atoms with Gasteiger partial charge in [0.25, 0.3) is 5.56 Å². The van der Waals surface area contributed by atoms with Gasteiger partial charge in [0.15, 0.2) is 0 Å². The van der Waals surface area contributed by atoms with Gasteiger partial charge in [-0.25, -0.2) is 4.79 Å². The normalized spacial score (nSPS) is 15.4. The predicted octanol–water partition coefficient (Wildman–Crippen LogP) is 1.96. The first-order valence-corrected chi connectivity index (χ1v) is 8.25. The molecule has 0 fully saturated rings. The molecule has 0 saturated heterocycles. The number of hydrogen-bond acceptors (Lipinski definition) is 4. The Balaban J connectivity index is 2.10. The fraction of sp³-hybridized carbons (Fsp3) is 0.368. The molecule has 2 aromatic rings. The van der Waals surface area contributed by atoms with Crippen LogP contribution >= 0.6 is 0 Å². The number of benzene rings is 1. The minimum absolute atomic E-state index is 0.292. The molecule has 0 aliphatic carbocycles. The van der Waals surface area contributed by atoms with Crippen LogP contribution in [0.25, 0.3) is 5.57 Å². The minimum atomic E-state index is -0.327. The van der Waals surface area contributed by atoms with Crippen molar-refractivity contribution in [3.8, 4) is 5.75 Å². The van der Waals surface area contributed by atoms with Crippen LogP contribution in [0.2, 0.25) is 0 Å². The lowest BCUT2D eigenvalue weighted by Gasteiger charge is -2.30. The molecule has 0 bridgehead atoms. The Morgan fingerprint density at radius 3 is 2.28 bits per heavy atom. The Hall–Kier alpha value is -2.76. The van der Waals surface area contributed by atoms with Crippen molar-refractivity contribution in [3.05, 3.63) is 62.0 Å². The zero-order valence-electron chi connectivity index (χ0n) is 15.3. The molecule has 3 rings (SSSR count). The lowest BCUT2D eigenvalue weighted by atomic mass is 10.0. The predicted molar refractivity (Wildman–Crippen MR) is 99.3 cm³/mol. The lowest BCUT2D eigenvalue weighted by Crippen LogP contribution is -2.44. The van der Waals surface area contributed by atoms with Crippen LogP contribution in [0.4, 0.5) is 5.82 Å². The van der Waals surface area contributed by atoms with Crippen molar-refractivity contribution >= 4 is 11.4 Å². The highest BCUT2D eigenvalue weighted by molar-refractivity contribution is 5.76. The van der Waals surface area contributed by atoms with E-state index in [2.05, 4.69) is 6.07 Å². The number of rotatable bonds is 2. The molecule has 0 spiro atoms. The SMILES string of the molecule is Cc1cc(C)cc(O/C=C2\CCN(C)c3c2c(=O)n(C)c(=O)n3C)c1. The molecule has 132 valence electrons. The first-order valence-electron chi connectivity index (χ1n) is 8.25. The fourth-order valence-corrected chi connectivity index (χ4v) is 3.34. The third kappa shape index (κ3) is 2.99. The van der Waals surface area contributed by atoms with Crippen LogP contribution < -0.4 is 20.9 Å². The standard InChI is InChI=1S/C19H23N3O3/c1-12-8-13(2)10-15(9-12)25-11-14-6-7-20(3)17-16(14)18(23)22(5)19(24)21(17)4/h8-11H,6-7H2,1-5H3/b14-11+. The molecule has 0 atom stereocenters. The second-order valence-electron chi connectivity index (χ2n) is 6.66. The number of fused-ring (bicyclic) bond motifs is 1.